The van der Waals surface area contributed by atoms with Crippen molar-refractivity contribution in [1.82, 2.24) is 0 Å². The first-order chi connectivity index (χ1) is 8.36. The van der Waals surface area contributed by atoms with Gasteiger partial charge in [0.1, 0.15) is 0 Å². The Morgan fingerprint density at radius 2 is 1.53 bits per heavy atom. The molecule has 0 bridgehead atoms. The van der Waals surface area contributed by atoms with Crippen LogP contribution in [0.4, 0.5) is 0 Å². The van der Waals surface area contributed by atoms with Gasteiger partial charge in [-0.3, -0.25) is 0 Å². The van der Waals surface area contributed by atoms with Crippen molar-refractivity contribution in [2.24, 2.45) is 0 Å². The zero-order chi connectivity index (χ0) is 12.3. The van der Waals surface area contributed by atoms with Crippen LogP contribution in [0.3, 0.4) is 0 Å². The molecule has 0 aliphatic heterocycles. The summed E-state index contributed by atoms with van der Waals surface area (Å²) in [5.74, 6) is 0. The molecule has 0 spiro atoms. The Hall–Kier alpha value is -0.780. The molecule has 0 unspecified atom stereocenters. The van der Waals surface area contributed by atoms with Gasteiger partial charge in [-0.2, -0.15) is 0 Å². The van der Waals surface area contributed by atoms with Gasteiger partial charge in [-0.05, 0) is 36.8 Å². The Morgan fingerprint density at radius 3 is 2.12 bits per heavy atom. The van der Waals surface area contributed by atoms with Gasteiger partial charge in [0.2, 0.25) is 0 Å². The highest BCUT2D eigenvalue weighted by Crippen LogP contribution is 2.12. The predicted octanol–water partition coefficient (Wildman–Crippen LogP) is 5.36. The summed E-state index contributed by atoms with van der Waals surface area (Å²) in [5.41, 5.74) is 3.03. The summed E-state index contributed by atoms with van der Waals surface area (Å²) in [7, 11) is 0. The van der Waals surface area contributed by atoms with E-state index in [1.807, 2.05) is 0 Å². The summed E-state index contributed by atoms with van der Waals surface area (Å²) < 4.78 is 0. The highest BCUT2D eigenvalue weighted by atomic mass is 14.0. The molecule has 0 saturated carbocycles. The second kappa shape index (κ2) is 9.27. The molecule has 17 heavy (non-hydrogen) atoms. The lowest BCUT2D eigenvalue weighted by Gasteiger charge is -2.05. The molecule has 0 aromatic heterocycles. The van der Waals surface area contributed by atoms with Crippen LogP contribution < -0.4 is 0 Å². The van der Waals surface area contributed by atoms with Crippen molar-refractivity contribution in [2.45, 2.75) is 64.7 Å². The number of rotatable bonds is 9. The minimum atomic E-state index is 1.07. The SMILES string of the molecule is [CH2]CCCCc1cccc(CCCCCC)c1. The fourth-order valence-electron chi connectivity index (χ4n) is 2.20. The maximum Gasteiger partial charge on any atom is -0.0279 e. The van der Waals surface area contributed by atoms with Crippen LogP contribution in [-0.2, 0) is 12.8 Å². The van der Waals surface area contributed by atoms with Gasteiger partial charge in [0.15, 0.2) is 0 Å². The standard InChI is InChI=1S/C17H27/c1-3-5-7-9-12-17-14-10-13-16(15-17)11-8-6-4-2/h10,13-15H,2-9,11-12H2,1H3. The molecule has 0 atom stereocenters. The molecule has 1 aromatic carbocycles. The molecule has 95 valence electrons. The maximum absolute atomic E-state index is 3.89. The van der Waals surface area contributed by atoms with Gasteiger partial charge >= 0.3 is 0 Å². The van der Waals surface area contributed by atoms with Crippen LogP contribution in [0, 0.1) is 6.92 Å². The first-order valence-corrected chi connectivity index (χ1v) is 7.24. The molecular weight excluding hydrogens is 204 g/mol. The van der Waals surface area contributed by atoms with E-state index in [1.165, 1.54) is 62.5 Å². The molecular formula is C17H27. The van der Waals surface area contributed by atoms with E-state index < -0.39 is 0 Å². The molecule has 0 heteroatoms. The number of hydrogen-bond donors (Lipinski definition) is 0. The molecule has 0 aliphatic carbocycles. The smallest absolute Gasteiger partial charge is 0.0279 e. The van der Waals surface area contributed by atoms with Gasteiger partial charge in [0.05, 0.1) is 0 Å². The van der Waals surface area contributed by atoms with Gasteiger partial charge in [-0.25, -0.2) is 0 Å². The molecule has 0 amide bonds. The van der Waals surface area contributed by atoms with E-state index in [-0.39, 0.29) is 0 Å². The number of unbranched alkanes of at least 4 members (excludes halogenated alkanes) is 5. The Labute approximate surface area is 107 Å². The molecule has 1 aromatic rings. The van der Waals surface area contributed by atoms with Gasteiger partial charge in [0.25, 0.3) is 0 Å². The van der Waals surface area contributed by atoms with E-state index >= 15 is 0 Å². The van der Waals surface area contributed by atoms with Crippen LogP contribution in [0.25, 0.3) is 0 Å². The van der Waals surface area contributed by atoms with Gasteiger partial charge in [-0.15, -0.1) is 0 Å². The Bertz CT molecular complexity index is 288. The Balaban J connectivity index is 2.31. The molecule has 0 N–H and O–H groups in total. The predicted molar refractivity (Wildman–Crippen MR) is 77.2 cm³/mol. The first kappa shape index (κ1) is 14.3. The van der Waals surface area contributed by atoms with Crippen molar-refractivity contribution in [3.05, 3.63) is 42.3 Å². The summed E-state index contributed by atoms with van der Waals surface area (Å²) in [6.07, 6.45) is 11.5. The highest BCUT2D eigenvalue weighted by Gasteiger charge is 1.97. The largest absolute Gasteiger partial charge is 0.0654 e. The average molecular weight is 231 g/mol. The monoisotopic (exact) mass is 231 g/mol. The van der Waals surface area contributed by atoms with Crippen LogP contribution >= 0.6 is 0 Å². The second-order valence-corrected chi connectivity index (χ2v) is 4.94. The van der Waals surface area contributed by atoms with Crippen molar-refractivity contribution >= 4 is 0 Å². The van der Waals surface area contributed by atoms with Crippen LogP contribution in [0.15, 0.2) is 24.3 Å². The fourth-order valence-corrected chi connectivity index (χ4v) is 2.20. The molecule has 0 aliphatic rings. The van der Waals surface area contributed by atoms with Crippen LogP contribution in [-0.4, -0.2) is 0 Å². The van der Waals surface area contributed by atoms with E-state index in [9.17, 15) is 0 Å². The quantitative estimate of drug-likeness (QED) is 0.502. The minimum Gasteiger partial charge on any atom is -0.0654 e. The van der Waals surface area contributed by atoms with Crippen molar-refractivity contribution in [3.63, 3.8) is 0 Å². The molecule has 1 rings (SSSR count). The van der Waals surface area contributed by atoms with Crippen molar-refractivity contribution < 1.29 is 0 Å². The first-order valence-electron chi connectivity index (χ1n) is 7.24. The zero-order valence-corrected chi connectivity index (χ0v) is 11.4. The van der Waals surface area contributed by atoms with Crippen LogP contribution in [0.2, 0.25) is 0 Å². The van der Waals surface area contributed by atoms with E-state index in [2.05, 4.69) is 38.1 Å². The summed E-state index contributed by atoms with van der Waals surface area (Å²) in [5, 5.41) is 0. The molecule has 0 saturated heterocycles. The lowest BCUT2D eigenvalue weighted by molar-refractivity contribution is 0.666. The van der Waals surface area contributed by atoms with E-state index in [0.717, 1.165) is 6.42 Å². The highest BCUT2D eigenvalue weighted by molar-refractivity contribution is 5.23. The molecule has 0 heterocycles. The number of aryl methyl sites for hydroxylation is 2. The lowest BCUT2D eigenvalue weighted by atomic mass is 10.0. The lowest BCUT2D eigenvalue weighted by Crippen LogP contribution is -1.90. The third kappa shape index (κ3) is 6.51. The van der Waals surface area contributed by atoms with E-state index in [0.29, 0.717) is 0 Å². The topological polar surface area (TPSA) is 0 Å². The van der Waals surface area contributed by atoms with Gasteiger partial charge in [-0.1, -0.05) is 70.2 Å². The number of hydrogen-bond acceptors (Lipinski definition) is 0. The summed E-state index contributed by atoms with van der Waals surface area (Å²) in [6.45, 7) is 6.16. The minimum absolute atomic E-state index is 1.07. The van der Waals surface area contributed by atoms with Gasteiger partial charge < -0.3 is 0 Å². The second-order valence-electron chi connectivity index (χ2n) is 4.94. The van der Waals surface area contributed by atoms with Crippen LogP contribution in [0.5, 0.6) is 0 Å². The third-order valence-corrected chi connectivity index (χ3v) is 3.28. The van der Waals surface area contributed by atoms with Crippen molar-refractivity contribution in [1.29, 1.82) is 0 Å². The molecule has 1 radical (unpaired) electrons. The summed E-state index contributed by atoms with van der Waals surface area (Å²) in [4.78, 5) is 0. The van der Waals surface area contributed by atoms with Crippen molar-refractivity contribution in [3.8, 4) is 0 Å². The van der Waals surface area contributed by atoms with E-state index in [1.54, 1.807) is 0 Å². The van der Waals surface area contributed by atoms with Crippen LogP contribution in [0.1, 0.15) is 63.0 Å². The summed E-state index contributed by atoms with van der Waals surface area (Å²) in [6, 6.07) is 9.15. The Morgan fingerprint density at radius 1 is 0.882 bits per heavy atom. The average Bonchev–Trinajstić information content (AvgIpc) is 2.36. The maximum atomic E-state index is 3.89. The van der Waals surface area contributed by atoms with Gasteiger partial charge in [0, 0.05) is 0 Å². The normalized spacial score (nSPS) is 10.7. The Kier molecular flexibility index (Phi) is 7.79. The summed E-state index contributed by atoms with van der Waals surface area (Å²) >= 11 is 0. The van der Waals surface area contributed by atoms with Crippen molar-refractivity contribution in [2.75, 3.05) is 0 Å². The number of benzene rings is 1. The molecule has 0 fully saturated rings. The third-order valence-electron chi connectivity index (χ3n) is 3.28. The zero-order valence-electron chi connectivity index (χ0n) is 11.4. The van der Waals surface area contributed by atoms with E-state index in [4.69, 9.17) is 0 Å². The molecule has 0 nitrogen and oxygen atoms in total. The fraction of sp³-hybridized carbons (Fsp3) is 0.588.